The Hall–Kier alpha value is -1.43. The van der Waals surface area contributed by atoms with Gasteiger partial charge >= 0.3 is 0 Å². The summed E-state index contributed by atoms with van der Waals surface area (Å²) in [5, 5.41) is 2.02. The fourth-order valence-corrected chi connectivity index (χ4v) is 3.10. The molecule has 2 heterocycles. The SMILES string of the molecule is O=C(NN1CCC(COC2CCCCO2)CC1)c1ccccc1. The highest BCUT2D eigenvalue weighted by atomic mass is 16.7. The molecule has 1 unspecified atom stereocenters. The van der Waals surface area contributed by atoms with Gasteiger partial charge in [0.2, 0.25) is 0 Å². The van der Waals surface area contributed by atoms with E-state index in [1.165, 1.54) is 6.42 Å². The highest BCUT2D eigenvalue weighted by Gasteiger charge is 2.23. The Balaban J connectivity index is 1.36. The Kier molecular flexibility index (Phi) is 6.02. The van der Waals surface area contributed by atoms with E-state index >= 15 is 0 Å². The molecule has 5 heteroatoms. The molecule has 1 aromatic carbocycles. The van der Waals surface area contributed by atoms with E-state index in [1.807, 2.05) is 35.3 Å². The van der Waals surface area contributed by atoms with Gasteiger partial charge in [0, 0.05) is 25.3 Å². The maximum atomic E-state index is 12.1. The molecule has 1 aromatic rings. The van der Waals surface area contributed by atoms with Gasteiger partial charge in [0.1, 0.15) is 0 Å². The van der Waals surface area contributed by atoms with Gasteiger partial charge in [-0.25, -0.2) is 5.01 Å². The largest absolute Gasteiger partial charge is 0.353 e. The topological polar surface area (TPSA) is 50.8 Å². The molecule has 23 heavy (non-hydrogen) atoms. The number of benzene rings is 1. The van der Waals surface area contributed by atoms with Crippen LogP contribution in [0.1, 0.15) is 42.5 Å². The van der Waals surface area contributed by atoms with Crippen molar-refractivity contribution in [2.75, 3.05) is 26.3 Å². The van der Waals surface area contributed by atoms with E-state index in [0.29, 0.717) is 11.5 Å². The van der Waals surface area contributed by atoms with Gasteiger partial charge in [-0.05, 0) is 50.2 Å². The Labute approximate surface area is 137 Å². The number of rotatable bonds is 5. The first-order valence-electron chi connectivity index (χ1n) is 8.65. The number of piperidine rings is 1. The van der Waals surface area contributed by atoms with Gasteiger partial charge in [-0.15, -0.1) is 0 Å². The normalized spacial score (nSPS) is 23.6. The maximum Gasteiger partial charge on any atom is 0.265 e. The number of nitrogens with zero attached hydrogens (tertiary/aromatic N) is 1. The second kappa shape index (κ2) is 8.43. The lowest BCUT2D eigenvalue weighted by Crippen LogP contribution is -2.47. The molecule has 2 aliphatic rings. The predicted molar refractivity (Wildman–Crippen MR) is 87.7 cm³/mol. The van der Waals surface area contributed by atoms with Crippen LogP contribution in [0.15, 0.2) is 30.3 Å². The zero-order chi connectivity index (χ0) is 15.9. The molecule has 0 radical (unpaired) electrons. The van der Waals surface area contributed by atoms with E-state index in [-0.39, 0.29) is 12.2 Å². The summed E-state index contributed by atoms with van der Waals surface area (Å²) in [7, 11) is 0. The molecular weight excluding hydrogens is 292 g/mol. The molecule has 1 amide bonds. The molecule has 2 fully saturated rings. The Morgan fingerprint density at radius 2 is 1.96 bits per heavy atom. The van der Waals surface area contributed by atoms with Gasteiger partial charge in [-0.2, -0.15) is 0 Å². The van der Waals surface area contributed by atoms with Crippen LogP contribution in [0.4, 0.5) is 0 Å². The van der Waals surface area contributed by atoms with E-state index in [4.69, 9.17) is 9.47 Å². The monoisotopic (exact) mass is 318 g/mol. The Bertz CT molecular complexity index is 480. The molecule has 1 atom stereocenters. The van der Waals surface area contributed by atoms with Crippen LogP contribution in [0.25, 0.3) is 0 Å². The number of amides is 1. The lowest BCUT2D eigenvalue weighted by Gasteiger charge is -2.33. The first-order valence-corrected chi connectivity index (χ1v) is 8.65. The summed E-state index contributed by atoms with van der Waals surface area (Å²) in [6.07, 6.45) is 5.46. The number of carbonyl (C=O) groups excluding carboxylic acids is 1. The standard InChI is InChI=1S/C18H26N2O3/c21-18(16-6-2-1-3-7-16)19-20-11-9-15(10-12-20)14-23-17-8-4-5-13-22-17/h1-3,6-7,15,17H,4-5,8-14H2,(H,19,21). The predicted octanol–water partition coefficient (Wildman–Crippen LogP) is 2.59. The van der Waals surface area contributed by atoms with Gasteiger partial charge < -0.3 is 9.47 Å². The fourth-order valence-electron chi connectivity index (χ4n) is 3.10. The van der Waals surface area contributed by atoms with E-state index in [2.05, 4.69) is 5.43 Å². The number of hydrogen-bond donors (Lipinski definition) is 1. The minimum absolute atomic E-state index is 0.000405. The van der Waals surface area contributed by atoms with Crippen LogP contribution < -0.4 is 5.43 Å². The van der Waals surface area contributed by atoms with E-state index < -0.39 is 0 Å². The molecular formula is C18H26N2O3. The second-order valence-corrected chi connectivity index (χ2v) is 6.37. The first kappa shape index (κ1) is 16.4. The summed E-state index contributed by atoms with van der Waals surface area (Å²) in [4.78, 5) is 12.1. The minimum atomic E-state index is -0.0316. The highest BCUT2D eigenvalue weighted by molar-refractivity contribution is 5.93. The summed E-state index contributed by atoms with van der Waals surface area (Å²) < 4.78 is 11.5. The average molecular weight is 318 g/mol. The number of nitrogens with one attached hydrogen (secondary N) is 1. The van der Waals surface area contributed by atoms with Gasteiger partial charge in [-0.1, -0.05) is 18.2 Å². The number of hydrazine groups is 1. The Morgan fingerprint density at radius 1 is 1.17 bits per heavy atom. The molecule has 0 spiro atoms. The smallest absolute Gasteiger partial charge is 0.265 e. The molecule has 0 aliphatic carbocycles. The van der Waals surface area contributed by atoms with Crippen molar-refractivity contribution in [3.8, 4) is 0 Å². The van der Waals surface area contributed by atoms with E-state index in [9.17, 15) is 4.79 Å². The minimum Gasteiger partial charge on any atom is -0.353 e. The third kappa shape index (κ3) is 5.03. The molecule has 2 aliphatic heterocycles. The number of carbonyl (C=O) groups is 1. The van der Waals surface area contributed by atoms with E-state index in [1.54, 1.807) is 0 Å². The van der Waals surface area contributed by atoms with Gasteiger partial charge in [0.05, 0.1) is 6.61 Å². The van der Waals surface area contributed by atoms with Crippen molar-refractivity contribution in [2.45, 2.75) is 38.4 Å². The highest BCUT2D eigenvalue weighted by Crippen LogP contribution is 2.20. The van der Waals surface area contributed by atoms with Crippen LogP contribution >= 0.6 is 0 Å². The van der Waals surface area contributed by atoms with Crippen molar-refractivity contribution in [3.63, 3.8) is 0 Å². The summed E-state index contributed by atoms with van der Waals surface area (Å²) in [6, 6.07) is 9.34. The van der Waals surface area contributed by atoms with Crippen molar-refractivity contribution in [2.24, 2.45) is 5.92 Å². The molecule has 2 saturated heterocycles. The number of ether oxygens (including phenoxy) is 2. The van der Waals surface area contributed by atoms with Crippen molar-refractivity contribution >= 4 is 5.91 Å². The first-order chi connectivity index (χ1) is 11.3. The van der Waals surface area contributed by atoms with Gasteiger partial charge in [0.25, 0.3) is 5.91 Å². The quantitative estimate of drug-likeness (QED) is 0.906. The molecule has 5 nitrogen and oxygen atoms in total. The van der Waals surface area contributed by atoms with Crippen LogP contribution in [-0.2, 0) is 9.47 Å². The lowest BCUT2D eigenvalue weighted by molar-refractivity contribution is -0.171. The van der Waals surface area contributed by atoms with Crippen molar-refractivity contribution in [1.82, 2.24) is 10.4 Å². The maximum absolute atomic E-state index is 12.1. The van der Waals surface area contributed by atoms with Crippen molar-refractivity contribution in [3.05, 3.63) is 35.9 Å². The molecule has 0 aromatic heterocycles. The van der Waals surface area contributed by atoms with Gasteiger partial charge in [0.15, 0.2) is 6.29 Å². The van der Waals surface area contributed by atoms with Crippen molar-refractivity contribution in [1.29, 1.82) is 0 Å². The van der Waals surface area contributed by atoms with Crippen LogP contribution in [-0.4, -0.2) is 43.5 Å². The van der Waals surface area contributed by atoms with E-state index in [0.717, 1.165) is 52.0 Å². The van der Waals surface area contributed by atoms with Crippen LogP contribution in [0.3, 0.4) is 0 Å². The summed E-state index contributed by atoms with van der Waals surface area (Å²) in [6.45, 7) is 3.34. The Morgan fingerprint density at radius 3 is 2.65 bits per heavy atom. The molecule has 0 saturated carbocycles. The summed E-state index contributed by atoms with van der Waals surface area (Å²) in [5.41, 5.74) is 3.69. The molecule has 1 N–H and O–H groups in total. The second-order valence-electron chi connectivity index (χ2n) is 6.37. The molecule has 0 bridgehead atoms. The fraction of sp³-hybridized carbons (Fsp3) is 0.611. The molecule has 3 rings (SSSR count). The zero-order valence-corrected chi connectivity index (χ0v) is 13.6. The zero-order valence-electron chi connectivity index (χ0n) is 13.6. The average Bonchev–Trinajstić information content (AvgIpc) is 2.63. The lowest BCUT2D eigenvalue weighted by atomic mass is 9.99. The molecule has 126 valence electrons. The summed E-state index contributed by atoms with van der Waals surface area (Å²) in [5.74, 6) is 0.529. The third-order valence-electron chi connectivity index (χ3n) is 4.57. The van der Waals surface area contributed by atoms with Gasteiger partial charge in [-0.3, -0.25) is 10.2 Å². The third-order valence-corrected chi connectivity index (χ3v) is 4.57. The van der Waals surface area contributed by atoms with Crippen LogP contribution in [0.5, 0.6) is 0 Å². The van der Waals surface area contributed by atoms with Crippen molar-refractivity contribution < 1.29 is 14.3 Å². The summed E-state index contributed by atoms with van der Waals surface area (Å²) >= 11 is 0. The number of hydrogen-bond acceptors (Lipinski definition) is 4. The van der Waals surface area contributed by atoms with Crippen LogP contribution in [0.2, 0.25) is 0 Å². The van der Waals surface area contributed by atoms with Crippen LogP contribution in [0, 0.1) is 5.92 Å².